The number of imidazole rings is 1. The summed E-state index contributed by atoms with van der Waals surface area (Å²) >= 11 is 12.2. The summed E-state index contributed by atoms with van der Waals surface area (Å²) in [6.45, 7) is 0.950. The number of ether oxygens (including phenoxy) is 1. The summed E-state index contributed by atoms with van der Waals surface area (Å²) < 4.78 is 61.8. The number of fused-ring (bicyclic) bond motifs is 2. The lowest BCUT2D eigenvalue weighted by molar-refractivity contribution is -0.144. The standard InChI is InChI=1S/C15H10Cl2F4N4O2/c16-6-5-7(18)8(11-10(6)22-14(23-11)15(19,20)21)9-12(17)24-1-3-27-4-2-25(24)13(9)26/h5H,1-4H2,(H,22,23). The number of nitrogens with zero attached hydrogens (tertiary/aromatic N) is 3. The molecular formula is C15H10Cl2F4N4O2. The van der Waals surface area contributed by atoms with Crippen molar-refractivity contribution >= 4 is 34.2 Å². The Morgan fingerprint density at radius 1 is 1.15 bits per heavy atom. The third-order valence-corrected chi connectivity index (χ3v) is 4.93. The number of H-pyrrole nitrogens is 1. The van der Waals surface area contributed by atoms with Crippen molar-refractivity contribution in [2.24, 2.45) is 0 Å². The number of alkyl halides is 3. The van der Waals surface area contributed by atoms with Gasteiger partial charge in [-0.1, -0.05) is 23.2 Å². The Hall–Kier alpha value is -2.04. The molecule has 0 radical (unpaired) electrons. The zero-order valence-electron chi connectivity index (χ0n) is 13.3. The number of nitrogens with one attached hydrogen (secondary N) is 1. The zero-order valence-corrected chi connectivity index (χ0v) is 14.8. The van der Waals surface area contributed by atoms with Gasteiger partial charge in [0.1, 0.15) is 16.5 Å². The SMILES string of the molecule is O=c1c(-c2c(F)cc(Cl)c3nc(C(F)(F)F)[nH]c23)c(Cl)n2n1CCOCC2. The maximum atomic E-state index is 14.7. The van der Waals surface area contributed by atoms with E-state index in [0.717, 1.165) is 6.07 Å². The van der Waals surface area contributed by atoms with Gasteiger partial charge in [0.15, 0.2) is 0 Å². The van der Waals surface area contributed by atoms with E-state index in [1.165, 1.54) is 9.36 Å². The molecule has 3 aromatic rings. The summed E-state index contributed by atoms with van der Waals surface area (Å²) in [4.78, 5) is 18.3. The van der Waals surface area contributed by atoms with Gasteiger partial charge >= 0.3 is 6.18 Å². The summed E-state index contributed by atoms with van der Waals surface area (Å²) in [7, 11) is 0. The summed E-state index contributed by atoms with van der Waals surface area (Å²) in [5.74, 6) is -2.34. The maximum Gasteiger partial charge on any atom is 0.449 e. The number of benzene rings is 1. The number of halogens is 6. The molecule has 6 nitrogen and oxygen atoms in total. The molecule has 27 heavy (non-hydrogen) atoms. The summed E-state index contributed by atoms with van der Waals surface area (Å²) in [6, 6.07) is 0.812. The fourth-order valence-electron chi connectivity index (χ4n) is 3.09. The molecule has 0 bridgehead atoms. The molecule has 0 spiro atoms. The van der Waals surface area contributed by atoms with Gasteiger partial charge in [-0.15, -0.1) is 0 Å². The van der Waals surface area contributed by atoms with Gasteiger partial charge < -0.3 is 9.72 Å². The molecule has 0 atom stereocenters. The summed E-state index contributed by atoms with van der Waals surface area (Å²) in [6.07, 6.45) is -4.80. The number of hydrogen-bond acceptors (Lipinski definition) is 3. The molecule has 0 saturated heterocycles. The van der Waals surface area contributed by atoms with Crippen LogP contribution < -0.4 is 5.56 Å². The molecule has 0 fully saturated rings. The Kier molecular flexibility index (Phi) is 4.24. The van der Waals surface area contributed by atoms with Gasteiger partial charge in [0.2, 0.25) is 5.82 Å². The van der Waals surface area contributed by atoms with Crippen molar-refractivity contribution in [3.05, 3.63) is 38.2 Å². The van der Waals surface area contributed by atoms with Gasteiger partial charge in [-0.25, -0.2) is 14.1 Å². The van der Waals surface area contributed by atoms with Gasteiger partial charge in [0.05, 0.1) is 48.0 Å². The van der Waals surface area contributed by atoms with E-state index in [1.54, 1.807) is 0 Å². The lowest BCUT2D eigenvalue weighted by Crippen LogP contribution is -2.23. The molecule has 0 amide bonds. The molecule has 1 aromatic carbocycles. The van der Waals surface area contributed by atoms with Crippen molar-refractivity contribution in [2.75, 3.05) is 13.2 Å². The molecule has 12 heteroatoms. The predicted molar refractivity (Wildman–Crippen MR) is 89.6 cm³/mol. The first-order chi connectivity index (χ1) is 12.7. The minimum atomic E-state index is -4.80. The van der Waals surface area contributed by atoms with E-state index in [4.69, 9.17) is 27.9 Å². The number of aromatic amines is 1. The van der Waals surface area contributed by atoms with E-state index in [1.807, 2.05) is 4.98 Å². The van der Waals surface area contributed by atoms with Crippen molar-refractivity contribution in [1.82, 2.24) is 19.3 Å². The lowest BCUT2D eigenvalue weighted by Gasteiger charge is -2.06. The minimum absolute atomic E-state index is 0.101. The first kappa shape index (κ1) is 18.3. The average Bonchev–Trinajstić information content (AvgIpc) is 3.00. The topological polar surface area (TPSA) is 64.8 Å². The molecule has 0 unspecified atom stereocenters. The third kappa shape index (κ3) is 2.82. The molecule has 3 heterocycles. The van der Waals surface area contributed by atoms with Crippen LogP contribution in [0, 0.1) is 5.82 Å². The van der Waals surface area contributed by atoms with Gasteiger partial charge in [-0.2, -0.15) is 13.2 Å². The van der Waals surface area contributed by atoms with Crippen LogP contribution in [0.5, 0.6) is 0 Å². The summed E-state index contributed by atoms with van der Waals surface area (Å²) in [5, 5.41) is -0.417. The highest BCUT2D eigenvalue weighted by Crippen LogP contribution is 2.38. The highest BCUT2D eigenvalue weighted by atomic mass is 35.5. The first-order valence-electron chi connectivity index (χ1n) is 7.72. The minimum Gasteiger partial charge on any atom is -0.378 e. The molecule has 144 valence electrons. The van der Waals surface area contributed by atoms with Gasteiger partial charge in [0.25, 0.3) is 5.56 Å². The Labute approximate surface area is 158 Å². The Morgan fingerprint density at radius 3 is 2.48 bits per heavy atom. The Morgan fingerprint density at radius 2 is 1.81 bits per heavy atom. The van der Waals surface area contributed by atoms with Crippen molar-refractivity contribution in [1.29, 1.82) is 0 Å². The maximum absolute atomic E-state index is 14.7. The number of rotatable bonds is 1. The van der Waals surface area contributed by atoms with E-state index in [2.05, 4.69) is 4.98 Å². The third-order valence-electron chi connectivity index (χ3n) is 4.26. The fourth-order valence-corrected chi connectivity index (χ4v) is 3.68. The highest BCUT2D eigenvalue weighted by Gasteiger charge is 2.36. The molecule has 4 rings (SSSR count). The normalized spacial score (nSPS) is 15.2. The fraction of sp³-hybridized carbons (Fsp3) is 0.333. The second-order valence-corrected chi connectivity index (χ2v) is 6.62. The second kappa shape index (κ2) is 6.25. The van der Waals surface area contributed by atoms with E-state index in [-0.39, 0.29) is 53.1 Å². The highest BCUT2D eigenvalue weighted by molar-refractivity contribution is 6.36. The smallest absolute Gasteiger partial charge is 0.378 e. The van der Waals surface area contributed by atoms with Crippen LogP contribution in [0.1, 0.15) is 5.82 Å². The molecule has 2 aromatic heterocycles. The van der Waals surface area contributed by atoms with E-state index >= 15 is 0 Å². The molecule has 1 N–H and O–H groups in total. The summed E-state index contributed by atoms with van der Waals surface area (Å²) in [5.41, 5.74) is -1.94. The lowest BCUT2D eigenvalue weighted by atomic mass is 10.1. The Balaban J connectivity index is 2.06. The Bertz CT molecular complexity index is 1120. The number of aromatic nitrogens is 4. The van der Waals surface area contributed by atoms with Gasteiger partial charge in [-0.3, -0.25) is 9.48 Å². The zero-order chi connectivity index (χ0) is 19.5. The van der Waals surface area contributed by atoms with Crippen LogP contribution in [0.4, 0.5) is 17.6 Å². The number of hydrogen-bond donors (Lipinski definition) is 1. The van der Waals surface area contributed by atoms with Crippen LogP contribution in [-0.4, -0.2) is 32.5 Å². The van der Waals surface area contributed by atoms with Crippen molar-refractivity contribution in [3.8, 4) is 11.1 Å². The van der Waals surface area contributed by atoms with Crippen LogP contribution in [0.15, 0.2) is 10.9 Å². The largest absolute Gasteiger partial charge is 0.449 e. The monoisotopic (exact) mass is 424 g/mol. The van der Waals surface area contributed by atoms with Crippen LogP contribution in [0.2, 0.25) is 10.2 Å². The van der Waals surface area contributed by atoms with Gasteiger partial charge in [-0.05, 0) is 6.07 Å². The van der Waals surface area contributed by atoms with Crippen molar-refractivity contribution < 1.29 is 22.3 Å². The second-order valence-electron chi connectivity index (χ2n) is 5.85. The van der Waals surface area contributed by atoms with Crippen molar-refractivity contribution in [2.45, 2.75) is 19.3 Å². The average molecular weight is 425 g/mol. The molecule has 0 aliphatic carbocycles. The van der Waals surface area contributed by atoms with Crippen LogP contribution in [0.3, 0.4) is 0 Å². The molecular weight excluding hydrogens is 415 g/mol. The molecule has 1 aliphatic rings. The molecule has 0 saturated carbocycles. The molecule has 1 aliphatic heterocycles. The van der Waals surface area contributed by atoms with E-state index in [0.29, 0.717) is 0 Å². The van der Waals surface area contributed by atoms with E-state index in [9.17, 15) is 22.4 Å². The van der Waals surface area contributed by atoms with Crippen LogP contribution in [0.25, 0.3) is 22.2 Å². The predicted octanol–water partition coefficient (Wildman–Crippen LogP) is 3.69. The van der Waals surface area contributed by atoms with Gasteiger partial charge in [0, 0.05) is 0 Å². The van der Waals surface area contributed by atoms with Crippen LogP contribution >= 0.6 is 23.2 Å². The van der Waals surface area contributed by atoms with Crippen molar-refractivity contribution in [3.63, 3.8) is 0 Å². The first-order valence-corrected chi connectivity index (χ1v) is 8.48. The van der Waals surface area contributed by atoms with E-state index < -0.39 is 28.9 Å². The quantitative estimate of drug-likeness (QED) is 0.605. The van der Waals surface area contributed by atoms with Crippen LogP contribution in [-0.2, 0) is 24.0 Å².